The van der Waals surface area contributed by atoms with Crippen LogP contribution in [0.3, 0.4) is 0 Å². The molecule has 9 heteroatoms. The second kappa shape index (κ2) is 9.80. The monoisotopic (exact) mass is 445 g/mol. The standard InChI is InChI=1S/C22H24ClN3O5/c1-2-18(21(24)29)25-12-14-5-3-4-6-19(14)26(13-20(25)28)22(30)16-8-7-15(11-17(16)23)31-10-9-27/h3-8,11,18,27H,2,9-10,12-13H2,1H3,(H2,24,29). The number of nitrogens with two attached hydrogens (primary N) is 1. The number of fused-ring (bicyclic) bond motifs is 1. The molecule has 2 aromatic rings. The van der Waals surface area contributed by atoms with Gasteiger partial charge in [-0.3, -0.25) is 19.3 Å². The van der Waals surface area contributed by atoms with E-state index in [0.717, 1.165) is 5.56 Å². The third-order valence-corrected chi connectivity index (χ3v) is 5.42. The van der Waals surface area contributed by atoms with Gasteiger partial charge in [-0.15, -0.1) is 0 Å². The number of hydrogen-bond donors (Lipinski definition) is 2. The second-order valence-corrected chi connectivity index (χ2v) is 7.49. The van der Waals surface area contributed by atoms with Crippen LogP contribution in [-0.4, -0.2) is 53.5 Å². The molecule has 0 aliphatic carbocycles. The van der Waals surface area contributed by atoms with Crippen molar-refractivity contribution in [2.75, 3.05) is 24.7 Å². The maximum absolute atomic E-state index is 13.4. The molecule has 8 nitrogen and oxygen atoms in total. The topological polar surface area (TPSA) is 113 Å². The Balaban J connectivity index is 1.97. The van der Waals surface area contributed by atoms with E-state index < -0.39 is 17.9 Å². The molecule has 0 aromatic heterocycles. The number of rotatable bonds is 7. The summed E-state index contributed by atoms with van der Waals surface area (Å²) in [7, 11) is 0. The number of amides is 3. The van der Waals surface area contributed by atoms with Crippen LogP contribution in [0.2, 0.25) is 5.02 Å². The van der Waals surface area contributed by atoms with E-state index in [2.05, 4.69) is 0 Å². The molecule has 0 fully saturated rings. The first-order chi connectivity index (χ1) is 14.9. The number of carbonyl (C=O) groups is 3. The van der Waals surface area contributed by atoms with E-state index >= 15 is 0 Å². The van der Waals surface area contributed by atoms with Gasteiger partial charge in [-0.1, -0.05) is 36.7 Å². The molecule has 1 heterocycles. The molecule has 0 saturated heterocycles. The summed E-state index contributed by atoms with van der Waals surface area (Å²) in [5, 5.41) is 9.05. The van der Waals surface area contributed by atoms with Crippen LogP contribution in [0.25, 0.3) is 0 Å². The van der Waals surface area contributed by atoms with Crippen LogP contribution in [0.15, 0.2) is 42.5 Å². The summed E-state index contributed by atoms with van der Waals surface area (Å²) in [4.78, 5) is 41.1. The molecule has 31 heavy (non-hydrogen) atoms. The lowest BCUT2D eigenvalue weighted by Gasteiger charge is -2.28. The number of benzene rings is 2. The normalized spacial score (nSPS) is 14.6. The fraction of sp³-hybridized carbons (Fsp3) is 0.318. The van der Waals surface area contributed by atoms with E-state index in [9.17, 15) is 14.4 Å². The number of anilines is 1. The van der Waals surface area contributed by atoms with Gasteiger partial charge in [0.2, 0.25) is 11.8 Å². The summed E-state index contributed by atoms with van der Waals surface area (Å²) >= 11 is 6.32. The van der Waals surface area contributed by atoms with Gasteiger partial charge in [-0.05, 0) is 36.2 Å². The van der Waals surface area contributed by atoms with Gasteiger partial charge in [0.1, 0.15) is 24.9 Å². The van der Waals surface area contributed by atoms with Gasteiger partial charge in [0.15, 0.2) is 0 Å². The van der Waals surface area contributed by atoms with E-state index in [4.69, 9.17) is 27.2 Å². The number of carbonyl (C=O) groups excluding carboxylic acids is 3. The summed E-state index contributed by atoms with van der Waals surface area (Å²) in [5.41, 5.74) is 7.00. The van der Waals surface area contributed by atoms with E-state index in [1.54, 1.807) is 31.2 Å². The summed E-state index contributed by atoms with van der Waals surface area (Å²) in [6.45, 7) is 1.65. The minimum atomic E-state index is -0.762. The maximum atomic E-state index is 13.4. The van der Waals surface area contributed by atoms with E-state index in [1.807, 2.05) is 6.07 Å². The highest BCUT2D eigenvalue weighted by Gasteiger charge is 2.34. The molecule has 0 saturated carbocycles. The molecule has 1 unspecified atom stereocenters. The molecule has 3 N–H and O–H groups in total. The van der Waals surface area contributed by atoms with Crippen LogP contribution >= 0.6 is 11.6 Å². The Morgan fingerprint density at radius 2 is 1.97 bits per heavy atom. The van der Waals surface area contributed by atoms with Crippen LogP contribution in [0, 0.1) is 0 Å². The average Bonchev–Trinajstić information content (AvgIpc) is 2.89. The van der Waals surface area contributed by atoms with Crippen molar-refractivity contribution in [1.82, 2.24) is 4.90 Å². The molecule has 2 aromatic carbocycles. The number of hydrogen-bond acceptors (Lipinski definition) is 5. The van der Waals surface area contributed by atoms with Crippen LogP contribution in [0.4, 0.5) is 5.69 Å². The highest BCUT2D eigenvalue weighted by molar-refractivity contribution is 6.34. The van der Waals surface area contributed by atoms with Gasteiger partial charge >= 0.3 is 0 Å². The molecular weight excluding hydrogens is 422 g/mol. The zero-order valence-electron chi connectivity index (χ0n) is 17.1. The van der Waals surface area contributed by atoms with Crippen molar-refractivity contribution in [3.8, 4) is 5.75 Å². The number of ether oxygens (including phenoxy) is 1. The minimum absolute atomic E-state index is 0.103. The van der Waals surface area contributed by atoms with Crippen molar-refractivity contribution in [2.24, 2.45) is 5.73 Å². The van der Waals surface area contributed by atoms with Crippen molar-refractivity contribution >= 4 is 35.0 Å². The molecule has 3 rings (SSSR count). The summed E-state index contributed by atoms with van der Waals surface area (Å²) in [6.07, 6.45) is 0.373. The second-order valence-electron chi connectivity index (χ2n) is 7.08. The number of nitrogens with zero attached hydrogens (tertiary/aromatic N) is 2. The Morgan fingerprint density at radius 3 is 2.61 bits per heavy atom. The van der Waals surface area contributed by atoms with Gasteiger partial charge < -0.3 is 20.5 Å². The first-order valence-corrected chi connectivity index (χ1v) is 10.3. The highest BCUT2D eigenvalue weighted by atomic mass is 35.5. The van der Waals surface area contributed by atoms with Crippen LogP contribution in [0.1, 0.15) is 29.3 Å². The van der Waals surface area contributed by atoms with Gasteiger partial charge in [-0.2, -0.15) is 0 Å². The van der Waals surface area contributed by atoms with Gasteiger partial charge in [0, 0.05) is 12.2 Å². The highest BCUT2D eigenvalue weighted by Crippen LogP contribution is 2.31. The van der Waals surface area contributed by atoms with Crippen molar-refractivity contribution in [1.29, 1.82) is 0 Å². The quantitative estimate of drug-likeness (QED) is 0.676. The molecule has 3 amide bonds. The first kappa shape index (κ1) is 22.6. The molecule has 1 aliphatic heterocycles. The van der Waals surface area contributed by atoms with Crippen molar-refractivity contribution in [3.05, 3.63) is 58.6 Å². The fourth-order valence-corrected chi connectivity index (χ4v) is 3.85. The lowest BCUT2D eigenvalue weighted by Crippen LogP contribution is -2.49. The number of para-hydroxylation sites is 1. The Morgan fingerprint density at radius 1 is 1.23 bits per heavy atom. The van der Waals surface area contributed by atoms with Crippen molar-refractivity contribution in [2.45, 2.75) is 25.9 Å². The number of halogens is 1. The number of aliphatic hydroxyl groups is 1. The lowest BCUT2D eigenvalue weighted by atomic mass is 10.1. The predicted molar refractivity (Wildman–Crippen MR) is 116 cm³/mol. The van der Waals surface area contributed by atoms with Gasteiger partial charge in [0.25, 0.3) is 5.91 Å². The molecular formula is C22H24ClN3O5. The van der Waals surface area contributed by atoms with E-state index in [-0.39, 0.29) is 42.8 Å². The maximum Gasteiger partial charge on any atom is 0.260 e. The molecule has 164 valence electrons. The zero-order valence-corrected chi connectivity index (χ0v) is 17.8. The van der Waals surface area contributed by atoms with Crippen molar-refractivity contribution in [3.63, 3.8) is 0 Å². The largest absolute Gasteiger partial charge is 0.491 e. The summed E-state index contributed by atoms with van der Waals surface area (Å²) in [5.74, 6) is -1.00. The molecule has 0 radical (unpaired) electrons. The Bertz CT molecular complexity index is 997. The minimum Gasteiger partial charge on any atom is -0.491 e. The number of primary amides is 1. The van der Waals surface area contributed by atoms with Crippen LogP contribution in [0.5, 0.6) is 5.75 Å². The third kappa shape index (κ3) is 4.81. The molecule has 0 spiro atoms. The molecule has 0 bridgehead atoms. The summed E-state index contributed by atoms with van der Waals surface area (Å²) in [6, 6.07) is 11.0. The Labute approximate surface area is 185 Å². The van der Waals surface area contributed by atoms with Gasteiger partial charge in [-0.25, -0.2) is 0 Å². The van der Waals surface area contributed by atoms with Crippen LogP contribution < -0.4 is 15.4 Å². The predicted octanol–water partition coefficient (Wildman–Crippen LogP) is 1.96. The molecule has 1 atom stereocenters. The Kier molecular flexibility index (Phi) is 7.14. The van der Waals surface area contributed by atoms with E-state index in [1.165, 1.54) is 21.9 Å². The smallest absolute Gasteiger partial charge is 0.260 e. The molecule has 1 aliphatic rings. The fourth-order valence-electron chi connectivity index (χ4n) is 3.60. The van der Waals surface area contributed by atoms with Gasteiger partial charge in [0.05, 0.1) is 17.2 Å². The van der Waals surface area contributed by atoms with Crippen LogP contribution in [-0.2, 0) is 16.1 Å². The SMILES string of the molecule is CCC(C(N)=O)N1Cc2ccccc2N(C(=O)c2ccc(OCCO)cc2Cl)CC1=O. The Hall–Kier alpha value is -3.10. The number of aliphatic hydroxyl groups excluding tert-OH is 1. The first-order valence-electron chi connectivity index (χ1n) is 9.89. The summed E-state index contributed by atoms with van der Waals surface area (Å²) < 4.78 is 5.32. The van der Waals surface area contributed by atoms with Crippen molar-refractivity contribution < 1.29 is 24.2 Å². The lowest BCUT2D eigenvalue weighted by molar-refractivity contribution is -0.138. The third-order valence-electron chi connectivity index (χ3n) is 5.10. The average molecular weight is 446 g/mol. The zero-order chi connectivity index (χ0) is 22.5. The van der Waals surface area contributed by atoms with E-state index in [0.29, 0.717) is 17.9 Å².